The quantitative estimate of drug-likeness (QED) is 0.491. The molecule has 3 aromatic rings. The molecule has 1 amide bonds. The second-order valence-electron chi connectivity index (χ2n) is 7.32. The van der Waals surface area contributed by atoms with Gasteiger partial charge in [0.05, 0.1) is 19.8 Å². The zero-order chi connectivity index (χ0) is 20.5. The minimum absolute atomic E-state index is 0.162. The molecule has 0 aliphatic carbocycles. The van der Waals surface area contributed by atoms with Crippen LogP contribution in [0.15, 0.2) is 39.9 Å². The largest absolute Gasteiger partial charge is 0.486 e. The summed E-state index contributed by atoms with van der Waals surface area (Å²) in [6.07, 6.45) is 3.96. The van der Waals surface area contributed by atoms with Crippen molar-refractivity contribution in [1.29, 1.82) is 0 Å². The Bertz CT molecular complexity index is 1050. The van der Waals surface area contributed by atoms with Crippen LogP contribution in [-0.4, -0.2) is 48.4 Å². The van der Waals surface area contributed by atoms with Gasteiger partial charge in [-0.1, -0.05) is 0 Å². The van der Waals surface area contributed by atoms with Gasteiger partial charge in [-0.25, -0.2) is 4.98 Å². The van der Waals surface area contributed by atoms with E-state index < -0.39 is 0 Å². The van der Waals surface area contributed by atoms with Crippen molar-refractivity contribution in [2.45, 2.75) is 23.0 Å². The second kappa shape index (κ2) is 8.61. The molecular weight excluding hydrogens is 436 g/mol. The molecule has 30 heavy (non-hydrogen) atoms. The number of thiophene rings is 1. The average molecular weight is 459 g/mol. The molecule has 0 bridgehead atoms. The van der Waals surface area contributed by atoms with Crippen LogP contribution in [0.3, 0.4) is 0 Å². The van der Waals surface area contributed by atoms with Gasteiger partial charge in [-0.15, -0.1) is 34.4 Å². The Hall–Kier alpha value is -2.03. The highest BCUT2D eigenvalue weighted by Gasteiger charge is 2.27. The number of likely N-dealkylation sites (tertiary alicyclic amines) is 1. The number of ether oxygens (including phenoxy) is 2. The lowest BCUT2D eigenvalue weighted by Gasteiger charge is -2.30. The Kier molecular flexibility index (Phi) is 5.71. The fourth-order valence-electron chi connectivity index (χ4n) is 3.84. The number of thiazole rings is 1. The molecule has 2 aliphatic rings. The van der Waals surface area contributed by atoms with Crippen LogP contribution in [0.4, 0.5) is 0 Å². The lowest BCUT2D eigenvalue weighted by molar-refractivity contribution is 0.0718. The van der Waals surface area contributed by atoms with Crippen LogP contribution in [-0.2, 0) is 0 Å². The molecule has 0 N–H and O–H groups in total. The summed E-state index contributed by atoms with van der Waals surface area (Å²) in [5, 5.41) is 3.28. The van der Waals surface area contributed by atoms with Crippen molar-refractivity contribution < 1.29 is 14.3 Å². The van der Waals surface area contributed by atoms with Crippen molar-refractivity contribution >= 4 is 40.3 Å². The third-order valence-corrected chi connectivity index (χ3v) is 8.65. The van der Waals surface area contributed by atoms with E-state index in [2.05, 4.69) is 5.38 Å². The fourth-order valence-corrected chi connectivity index (χ4v) is 6.35. The number of thioether (sulfide) groups is 1. The first-order valence-corrected chi connectivity index (χ1v) is 12.9. The van der Waals surface area contributed by atoms with Crippen LogP contribution in [0.25, 0.3) is 11.3 Å². The summed E-state index contributed by atoms with van der Waals surface area (Å²) in [6, 6.07) is 9.99. The van der Waals surface area contributed by atoms with Gasteiger partial charge in [0.15, 0.2) is 11.5 Å². The molecule has 1 aromatic carbocycles. The van der Waals surface area contributed by atoms with Crippen LogP contribution in [0, 0.1) is 0 Å². The Labute approximate surface area is 188 Å². The summed E-state index contributed by atoms with van der Waals surface area (Å²) in [5.74, 6) is 2.16. The smallest absolute Gasteiger partial charge is 0.263 e. The minimum atomic E-state index is 0.162. The first kappa shape index (κ1) is 19.9. The van der Waals surface area contributed by atoms with Crippen molar-refractivity contribution in [3.05, 3.63) is 45.6 Å². The number of carbonyl (C=O) groups is 1. The Morgan fingerprint density at radius 1 is 1.13 bits per heavy atom. The lowest BCUT2D eigenvalue weighted by Crippen LogP contribution is -2.37. The topological polar surface area (TPSA) is 51.7 Å². The zero-order valence-electron chi connectivity index (χ0n) is 16.6. The third-order valence-electron chi connectivity index (χ3n) is 5.48. The Morgan fingerprint density at radius 2 is 1.93 bits per heavy atom. The highest BCUT2D eigenvalue weighted by molar-refractivity contribution is 8.00. The van der Waals surface area contributed by atoms with E-state index in [1.54, 1.807) is 34.4 Å². The van der Waals surface area contributed by atoms with Gasteiger partial charge in [0, 0.05) is 30.0 Å². The number of aromatic nitrogens is 1. The predicted molar refractivity (Wildman–Crippen MR) is 123 cm³/mol. The maximum absolute atomic E-state index is 12.8. The van der Waals surface area contributed by atoms with Gasteiger partial charge >= 0.3 is 0 Å². The van der Waals surface area contributed by atoms with E-state index in [0.29, 0.717) is 19.1 Å². The monoisotopic (exact) mass is 458 g/mol. The maximum Gasteiger partial charge on any atom is 0.263 e. The lowest BCUT2D eigenvalue weighted by atomic mass is 9.97. The standard InChI is InChI=1S/C22H22N2O3S3/c1-28-20-5-4-19(30-20)22(25)24-8-6-14(7-9-24)21-23-16(13-29-21)15-2-3-17-18(12-15)27-11-10-26-17/h2-5,12-14H,6-11H2,1H3. The maximum atomic E-state index is 12.8. The predicted octanol–water partition coefficient (Wildman–Crippen LogP) is 5.38. The van der Waals surface area contributed by atoms with Crippen LogP contribution >= 0.6 is 34.4 Å². The van der Waals surface area contributed by atoms with Crippen molar-refractivity contribution in [2.24, 2.45) is 0 Å². The molecule has 0 spiro atoms. The van der Waals surface area contributed by atoms with Gasteiger partial charge in [0.2, 0.25) is 0 Å². The summed E-state index contributed by atoms with van der Waals surface area (Å²) in [5.41, 5.74) is 2.03. The van der Waals surface area contributed by atoms with E-state index in [4.69, 9.17) is 14.5 Å². The number of amides is 1. The van der Waals surface area contributed by atoms with Crippen molar-refractivity contribution in [2.75, 3.05) is 32.6 Å². The highest BCUT2D eigenvalue weighted by atomic mass is 32.2. The molecule has 0 atom stereocenters. The SMILES string of the molecule is CSc1ccc(C(=O)N2CCC(c3nc(-c4ccc5c(c4)OCCO5)cs3)CC2)s1. The Balaban J connectivity index is 1.24. The van der Waals surface area contributed by atoms with Crippen LogP contribution < -0.4 is 9.47 Å². The molecule has 0 unspecified atom stereocenters. The number of nitrogens with zero attached hydrogens (tertiary/aromatic N) is 2. The van der Waals surface area contributed by atoms with Crippen molar-refractivity contribution in [3.8, 4) is 22.8 Å². The number of fused-ring (bicyclic) bond motifs is 1. The second-order valence-corrected chi connectivity index (χ2v) is 10.4. The van der Waals surface area contributed by atoms with E-state index in [-0.39, 0.29) is 5.91 Å². The first-order valence-electron chi connectivity index (χ1n) is 10.00. The molecule has 2 aliphatic heterocycles. The normalized spacial score (nSPS) is 16.6. The zero-order valence-corrected chi connectivity index (χ0v) is 19.1. The molecule has 8 heteroatoms. The number of carbonyl (C=O) groups excluding carboxylic acids is 1. The molecular formula is C22H22N2O3S3. The van der Waals surface area contributed by atoms with E-state index >= 15 is 0 Å². The molecule has 4 heterocycles. The average Bonchev–Trinajstić information content (AvgIpc) is 3.48. The van der Waals surface area contributed by atoms with Crippen LogP contribution in [0.2, 0.25) is 0 Å². The van der Waals surface area contributed by atoms with E-state index in [9.17, 15) is 4.79 Å². The van der Waals surface area contributed by atoms with Gasteiger partial charge in [-0.3, -0.25) is 4.79 Å². The van der Waals surface area contributed by atoms with Gasteiger partial charge in [-0.2, -0.15) is 0 Å². The number of benzene rings is 1. The van der Waals surface area contributed by atoms with E-state index in [1.165, 1.54) is 4.21 Å². The summed E-state index contributed by atoms with van der Waals surface area (Å²) in [4.78, 5) is 20.5. The summed E-state index contributed by atoms with van der Waals surface area (Å²) < 4.78 is 12.5. The van der Waals surface area contributed by atoms with Gasteiger partial charge in [-0.05, 0) is 49.4 Å². The molecule has 5 nitrogen and oxygen atoms in total. The Morgan fingerprint density at radius 3 is 2.70 bits per heavy atom. The number of piperidine rings is 1. The van der Waals surface area contributed by atoms with Crippen molar-refractivity contribution in [1.82, 2.24) is 9.88 Å². The highest BCUT2D eigenvalue weighted by Crippen LogP contribution is 2.37. The number of hydrogen-bond donors (Lipinski definition) is 0. The molecule has 2 aromatic heterocycles. The molecule has 1 saturated heterocycles. The van der Waals surface area contributed by atoms with Crippen LogP contribution in [0.5, 0.6) is 11.5 Å². The van der Waals surface area contributed by atoms with E-state index in [0.717, 1.165) is 58.6 Å². The number of rotatable bonds is 4. The minimum Gasteiger partial charge on any atom is -0.486 e. The van der Waals surface area contributed by atoms with Crippen molar-refractivity contribution in [3.63, 3.8) is 0 Å². The van der Waals surface area contributed by atoms with Gasteiger partial charge < -0.3 is 14.4 Å². The molecule has 156 valence electrons. The first-order chi connectivity index (χ1) is 14.7. The summed E-state index contributed by atoms with van der Waals surface area (Å²) >= 11 is 4.98. The third kappa shape index (κ3) is 3.96. The van der Waals surface area contributed by atoms with Gasteiger partial charge in [0.25, 0.3) is 5.91 Å². The fraction of sp³-hybridized carbons (Fsp3) is 0.364. The number of hydrogen-bond acceptors (Lipinski definition) is 7. The molecule has 0 radical (unpaired) electrons. The summed E-state index contributed by atoms with van der Waals surface area (Å²) in [7, 11) is 0. The van der Waals surface area contributed by atoms with Gasteiger partial charge in [0.1, 0.15) is 13.2 Å². The molecule has 0 saturated carbocycles. The van der Waals surface area contributed by atoms with Crippen LogP contribution in [0.1, 0.15) is 33.4 Å². The molecule has 1 fully saturated rings. The summed E-state index contributed by atoms with van der Waals surface area (Å²) in [6.45, 7) is 2.75. The van der Waals surface area contributed by atoms with E-state index in [1.807, 2.05) is 41.5 Å². The molecule has 5 rings (SSSR count).